The number of hydrogen-bond donors (Lipinski definition) is 0. The molecule has 1 fully saturated rings. The van der Waals surface area contributed by atoms with E-state index in [4.69, 9.17) is 4.52 Å². The second-order valence-electron chi connectivity index (χ2n) is 6.39. The molecule has 3 heteroatoms. The minimum absolute atomic E-state index is 0.284. The predicted octanol–water partition coefficient (Wildman–Crippen LogP) is 4.13. The Bertz CT molecular complexity index is 571. The minimum atomic E-state index is 0.284. The first-order chi connectivity index (χ1) is 9.01. The molecule has 3 nitrogen and oxygen atoms in total. The van der Waals surface area contributed by atoms with Gasteiger partial charge >= 0.3 is 0 Å². The highest BCUT2D eigenvalue weighted by atomic mass is 16.5. The van der Waals surface area contributed by atoms with Gasteiger partial charge in [0.2, 0.25) is 0 Å². The van der Waals surface area contributed by atoms with Crippen molar-refractivity contribution >= 4 is 0 Å². The molecule has 1 aromatic heterocycles. The van der Waals surface area contributed by atoms with Crippen molar-refractivity contribution in [3.63, 3.8) is 0 Å². The number of hydrogen-bond acceptors (Lipinski definition) is 3. The van der Waals surface area contributed by atoms with E-state index in [1.165, 1.54) is 0 Å². The van der Waals surface area contributed by atoms with Crippen LogP contribution in [0.25, 0.3) is 11.5 Å². The highest BCUT2D eigenvalue weighted by Crippen LogP contribution is 2.66. The molecule has 19 heavy (non-hydrogen) atoms. The van der Waals surface area contributed by atoms with E-state index in [-0.39, 0.29) is 5.41 Å². The van der Waals surface area contributed by atoms with Gasteiger partial charge in [-0.25, -0.2) is 0 Å². The lowest BCUT2D eigenvalue weighted by atomic mass is 10.0. The lowest BCUT2D eigenvalue weighted by Crippen LogP contribution is -1.96. The summed E-state index contributed by atoms with van der Waals surface area (Å²) in [5.74, 6) is 3.21. The van der Waals surface area contributed by atoms with Crippen LogP contribution in [0.3, 0.4) is 0 Å². The van der Waals surface area contributed by atoms with Crippen molar-refractivity contribution in [1.82, 2.24) is 10.1 Å². The molecule has 0 N–H and O–H groups in total. The Labute approximate surface area is 114 Å². The second kappa shape index (κ2) is 4.19. The Morgan fingerprint density at radius 1 is 1.16 bits per heavy atom. The van der Waals surface area contributed by atoms with Crippen molar-refractivity contribution in [2.24, 2.45) is 17.3 Å². The van der Waals surface area contributed by atoms with Crippen LogP contribution < -0.4 is 0 Å². The fourth-order valence-electron chi connectivity index (χ4n) is 3.47. The summed E-state index contributed by atoms with van der Waals surface area (Å²) < 4.78 is 5.41. The van der Waals surface area contributed by atoms with Gasteiger partial charge in [0.25, 0.3) is 5.89 Å². The first-order valence-corrected chi connectivity index (χ1v) is 6.91. The molecule has 0 unspecified atom stereocenters. The molecule has 100 valence electrons. The summed E-state index contributed by atoms with van der Waals surface area (Å²) in [7, 11) is 0. The molecule has 2 aromatic rings. The van der Waals surface area contributed by atoms with E-state index >= 15 is 0 Å². The number of aromatic nitrogens is 2. The zero-order chi connectivity index (χ0) is 13.6. The van der Waals surface area contributed by atoms with Gasteiger partial charge in [0.1, 0.15) is 0 Å². The Morgan fingerprint density at radius 3 is 2.42 bits per heavy atom. The quantitative estimate of drug-likeness (QED) is 0.828. The van der Waals surface area contributed by atoms with Gasteiger partial charge in [0.15, 0.2) is 5.82 Å². The third-order valence-corrected chi connectivity index (χ3v) is 4.37. The fraction of sp³-hybridized carbons (Fsp3) is 0.500. The summed E-state index contributed by atoms with van der Waals surface area (Å²) in [5, 5.41) is 4.20. The molecule has 1 saturated carbocycles. The van der Waals surface area contributed by atoms with Crippen LogP contribution in [0.2, 0.25) is 0 Å². The summed E-state index contributed by atoms with van der Waals surface area (Å²) in [6.45, 7) is 9.12. The summed E-state index contributed by atoms with van der Waals surface area (Å²) >= 11 is 0. The van der Waals surface area contributed by atoms with Crippen LogP contribution in [-0.2, 0) is 0 Å². The average molecular weight is 256 g/mol. The van der Waals surface area contributed by atoms with Gasteiger partial charge in [-0.3, -0.25) is 0 Å². The Balaban J connectivity index is 1.88. The molecule has 2 atom stereocenters. The second-order valence-corrected chi connectivity index (χ2v) is 6.39. The number of nitrogens with zero attached hydrogens (tertiary/aromatic N) is 2. The Hall–Kier alpha value is -1.64. The first kappa shape index (κ1) is 12.4. The monoisotopic (exact) mass is 256 g/mol. The van der Waals surface area contributed by atoms with Crippen LogP contribution in [0.5, 0.6) is 0 Å². The zero-order valence-corrected chi connectivity index (χ0v) is 11.9. The van der Waals surface area contributed by atoms with Crippen LogP contribution in [0.1, 0.15) is 39.4 Å². The largest absolute Gasteiger partial charge is 0.334 e. The summed E-state index contributed by atoms with van der Waals surface area (Å²) in [6, 6.07) is 9.94. The normalized spacial score (nSPS) is 24.7. The Morgan fingerprint density at radius 2 is 1.84 bits per heavy atom. The van der Waals surface area contributed by atoms with E-state index in [0.717, 1.165) is 11.4 Å². The molecule has 0 radical (unpaired) electrons. The van der Waals surface area contributed by atoms with Gasteiger partial charge in [-0.2, -0.15) is 4.98 Å². The van der Waals surface area contributed by atoms with E-state index in [0.29, 0.717) is 23.6 Å². The predicted molar refractivity (Wildman–Crippen MR) is 74.6 cm³/mol. The van der Waals surface area contributed by atoms with E-state index in [1.54, 1.807) is 0 Å². The van der Waals surface area contributed by atoms with E-state index in [9.17, 15) is 0 Å². The topological polar surface area (TPSA) is 38.9 Å². The fourth-order valence-corrected chi connectivity index (χ4v) is 3.47. The molecule has 0 bridgehead atoms. The molecule has 3 rings (SSSR count). The molecule has 1 aromatic carbocycles. The number of rotatable bonds is 3. The number of benzene rings is 1. The van der Waals surface area contributed by atoms with Gasteiger partial charge in [-0.05, 0) is 29.4 Å². The van der Waals surface area contributed by atoms with Crippen LogP contribution >= 0.6 is 0 Å². The van der Waals surface area contributed by atoms with Crippen molar-refractivity contribution in [1.29, 1.82) is 0 Å². The molecular weight excluding hydrogens is 236 g/mol. The van der Waals surface area contributed by atoms with Gasteiger partial charge in [0, 0.05) is 11.5 Å². The van der Waals surface area contributed by atoms with Crippen molar-refractivity contribution in [3.05, 3.63) is 36.2 Å². The molecule has 0 amide bonds. The van der Waals surface area contributed by atoms with Gasteiger partial charge in [-0.15, -0.1) is 0 Å². The molecule has 1 aliphatic carbocycles. The smallest absolute Gasteiger partial charge is 0.257 e. The van der Waals surface area contributed by atoms with Gasteiger partial charge in [-0.1, -0.05) is 51.1 Å². The van der Waals surface area contributed by atoms with E-state index in [1.807, 2.05) is 30.3 Å². The molecule has 0 saturated heterocycles. The third kappa shape index (κ3) is 1.97. The van der Waals surface area contributed by atoms with Crippen molar-refractivity contribution in [3.8, 4) is 11.5 Å². The van der Waals surface area contributed by atoms with E-state index in [2.05, 4.69) is 37.8 Å². The van der Waals surface area contributed by atoms with Crippen molar-refractivity contribution in [2.45, 2.75) is 33.6 Å². The SMILES string of the molecule is CC(C)[C@@H]1[C@@H](c2noc(-c3ccccc3)n2)C1(C)C. The van der Waals surface area contributed by atoms with Crippen LogP contribution in [0.4, 0.5) is 0 Å². The minimum Gasteiger partial charge on any atom is -0.334 e. The van der Waals surface area contributed by atoms with Crippen LogP contribution in [0, 0.1) is 17.3 Å². The molecule has 0 aliphatic heterocycles. The lowest BCUT2D eigenvalue weighted by molar-refractivity contribution is 0.419. The van der Waals surface area contributed by atoms with Crippen LogP contribution in [-0.4, -0.2) is 10.1 Å². The molecule has 1 heterocycles. The maximum Gasteiger partial charge on any atom is 0.257 e. The first-order valence-electron chi connectivity index (χ1n) is 6.91. The summed E-state index contributed by atoms with van der Waals surface area (Å²) in [4.78, 5) is 4.59. The summed E-state index contributed by atoms with van der Waals surface area (Å²) in [6.07, 6.45) is 0. The highest BCUT2D eigenvalue weighted by Gasteiger charge is 2.61. The lowest BCUT2D eigenvalue weighted by Gasteiger charge is -2.04. The highest BCUT2D eigenvalue weighted by molar-refractivity contribution is 5.52. The standard InChI is InChI=1S/C16H20N2O/c1-10(2)12-13(16(12,3)4)14-17-15(19-18-14)11-8-6-5-7-9-11/h5-10,12-13H,1-4H3/t12-,13+/m1/s1. The van der Waals surface area contributed by atoms with Crippen molar-refractivity contribution < 1.29 is 4.52 Å². The summed E-state index contributed by atoms with van der Waals surface area (Å²) in [5.41, 5.74) is 1.27. The van der Waals surface area contributed by atoms with Crippen LogP contribution in [0.15, 0.2) is 34.9 Å². The zero-order valence-electron chi connectivity index (χ0n) is 11.9. The van der Waals surface area contributed by atoms with Gasteiger partial charge < -0.3 is 4.52 Å². The van der Waals surface area contributed by atoms with Gasteiger partial charge in [0.05, 0.1) is 0 Å². The molecular formula is C16H20N2O. The third-order valence-electron chi connectivity index (χ3n) is 4.37. The van der Waals surface area contributed by atoms with Crippen molar-refractivity contribution in [2.75, 3.05) is 0 Å². The molecule has 1 aliphatic rings. The average Bonchev–Trinajstić information content (AvgIpc) is 2.76. The van der Waals surface area contributed by atoms with E-state index < -0.39 is 0 Å². The Kier molecular flexibility index (Phi) is 2.73. The molecule has 0 spiro atoms. The maximum atomic E-state index is 5.41. The maximum absolute atomic E-state index is 5.41.